The fourth-order valence-electron chi connectivity index (χ4n) is 1.40. The topological polar surface area (TPSA) is 13.1 Å². The van der Waals surface area contributed by atoms with Crippen molar-refractivity contribution >= 4 is 0 Å². The average molecular weight is 186 g/mol. The van der Waals surface area contributed by atoms with Crippen LogP contribution in [-0.4, -0.2) is 7.11 Å². The maximum atomic E-state index is 5.26. The van der Waals surface area contributed by atoms with Crippen LogP contribution in [0.2, 0.25) is 0 Å². The molecule has 1 aromatic carbocycles. The van der Waals surface area contributed by atoms with Gasteiger partial charge in [-0.05, 0) is 6.07 Å². The third-order valence-corrected chi connectivity index (χ3v) is 2.07. The molecule has 1 heterocycles. The number of hydrogen-bond donors (Lipinski definition) is 0. The molecule has 0 amide bonds. The second-order valence-corrected chi connectivity index (χ2v) is 2.95. The van der Waals surface area contributed by atoms with Gasteiger partial charge in [0.15, 0.2) is 6.20 Å². The van der Waals surface area contributed by atoms with Gasteiger partial charge in [0.25, 0.3) is 0 Å². The van der Waals surface area contributed by atoms with E-state index in [1.807, 2.05) is 59.3 Å². The van der Waals surface area contributed by atoms with Crippen LogP contribution in [0.1, 0.15) is 0 Å². The lowest BCUT2D eigenvalue weighted by Crippen LogP contribution is -2.31. The summed E-state index contributed by atoms with van der Waals surface area (Å²) >= 11 is 0. The quantitative estimate of drug-likeness (QED) is 0.653. The standard InChI is InChI=1S/C12H12NO/c1-14-12-9-5-6-10-13(12)11-7-3-2-4-8-11/h2-10H,1H3/q+1. The first-order valence-corrected chi connectivity index (χ1v) is 4.52. The minimum absolute atomic E-state index is 0.832. The predicted molar refractivity (Wildman–Crippen MR) is 54.5 cm³/mol. The normalized spacial score (nSPS) is 9.79. The molecule has 0 aliphatic carbocycles. The van der Waals surface area contributed by atoms with E-state index in [0.29, 0.717) is 0 Å². The van der Waals surface area contributed by atoms with E-state index in [9.17, 15) is 0 Å². The van der Waals surface area contributed by atoms with Crippen LogP contribution in [0.15, 0.2) is 54.7 Å². The van der Waals surface area contributed by atoms with Crippen molar-refractivity contribution < 1.29 is 9.30 Å². The van der Waals surface area contributed by atoms with Crippen LogP contribution in [0.4, 0.5) is 0 Å². The fourth-order valence-corrected chi connectivity index (χ4v) is 1.40. The van der Waals surface area contributed by atoms with Crippen LogP contribution >= 0.6 is 0 Å². The van der Waals surface area contributed by atoms with Crippen molar-refractivity contribution in [2.75, 3.05) is 7.11 Å². The zero-order valence-corrected chi connectivity index (χ0v) is 8.05. The molecule has 1 aromatic heterocycles. The number of methoxy groups -OCH3 is 1. The zero-order valence-electron chi connectivity index (χ0n) is 8.05. The van der Waals surface area contributed by atoms with Crippen LogP contribution in [0.3, 0.4) is 0 Å². The number of para-hydroxylation sites is 1. The molecule has 0 atom stereocenters. The van der Waals surface area contributed by atoms with Crippen LogP contribution in [0, 0.1) is 0 Å². The highest BCUT2D eigenvalue weighted by Crippen LogP contribution is 2.06. The first kappa shape index (κ1) is 8.75. The van der Waals surface area contributed by atoms with E-state index >= 15 is 0 Å². The molecular formula is C12H12NO+. The monoisotopic (exact) mass is 186 g/mol. The summed E-state index contributed by atoms with van der Waals surface area (Å²) in [5.74, 6) is 0.832. The molecule has 0 saturated heterocycles. The Morgan fingerprint density at radius 3 is 2.36 bits per heavy atom. The van der Waals surface area contributed by atoms with E-state index in [-0.39, 0.29) is 0 Å². The van der Waals surface area contributed by atoms with Gasteiger partial charge in [-0.2, -0.15) is 0 Å². The van der Waals surface area contributed by atoms with Gasteiger partial charge in [0.2, 0.25) is 5.69 Å². The average Bonchev–Trinajstić information content (AvgIpc) is 2.30. The van der Waals surface area contributed by atoms with Crippen molar-refractivity contribution in [3.8, 4) is 11.6 Å². The number of benzene rings is 1. The Morgan fingerprint density at radius 2 is 1.64 bits per heavy atom. The predicted octanol–water partition coefficient (Wildman–Crippen LogP) is 1.97. The molecule has 2 nitrogen and oxygen atoms in total. The van der Waals surface area contributed by atoms with E-state index in [0.717, 1.165) is 11.6 Å². The van der Waals surface area contributed by atoms with Crippen molar-refractivity contribution in [2.45, 2.75) is 0 Å². The number of hydrogen-bond acceptors (Lipinski definition) is 1. The molecule has 0 fully saturated rings. The number of ether oxygens (including phenoxy) is 1. The van der Waals surface area contributed by atoms with Crippen molar-refractivity contribution in [1.82, 2.24) is 0 Å². The number of aromatic nitrogens is 1. The molecule has 70 valence electrons. The summed E-state index contributed by atoms with van der Waals surface area (Å²) in [5.41, 5.74) is 1.10. The molecule has 0 saturated carbocycles. The van der Waals surface area contributed by atoms with Crippen LogP contribution in [0.25, 0.3) is 5.69 Å². The summed E-state index contributed by atoms with van der Waals surface area (Å²) < 4.78 is 7.26. The van der Waals surface area contributed by atoms with Crippen LogP contribution in [-0.2, 0) is 0 Å². The number of rotatable bonds is 2. The molecule has 2 rings (SSSR count). The van der Waals surface area contributed by atoms with Gasteiger partial charge >= 0.3 is 5.88 Å². The van der Waals surface area contributed by atoms with Gasteiger partial charge in [-0.1, -0.05) is 18.2 Å². The molecule has 14 heavy (non-hydrogen) atoms. The highest BCUT2D eigenvalue weighted by Gasteiger charge is 2.11. The molecule has 0 spiro atoms. The van der Waals surface area contributed by atoms with E-state index in [1.165, 1.54) is 0 Å². The molecule has 0 bridgehead atoms. The lowest BCUT2D eigenvalue weighted by Gasteiger charge is -1.99. The SMILES string of the molecule is COc1cccc[n+]1-c1ccccc1. The van der Waals surface area contributed by atoms with E-state index < -0.39 is 0 Å². The first-order valence-electron chi connectivity index (χ1n) is 4.52. The number of nitrogens with zero attached hydrogens (tertiary/aromatic N) is 1. The van der Waals surface area contributed by atoms with Gasteiger partial charge in [0.05, 0.1) is 13.2 Å². The molecular weight excluding hydrogens is 174 g/mol. The second-order valence-electron chi connectivity index (χ2n) is 2.95. The van der Waals surface area contributed by atoms with Crippen LogP contribution in [0.5, 0.6) is 5.88 Å². The summed E-state index contributed by atoms with van der Waals surface area (Å²) in [5, 5.41) is 0. The molecule has 0 N–H and O–H groups in total. The largest absolute Gasteiger partial charge is 0.447 e. The minimum Gasteiger partial charge on any atom is -0.447 e. The van der Waals surface area contributed by atoms with Gasteiger partial charge in [-0.25, -0.2) is 0 Å². The fraction of sp³-hybridized carbons (Fsp3) is 0.0833. The summed E-state index contributed by atoms with van der Waals surface area (Å²) in [4.78, 5) is 0. The van der Waals surface area contributed by atoms with Gasteiger partial charge in [0.1, 0.15) is 0 Å². The lowest BCUT2D eigenvalue weighted by atomic mass is 10.3. The Hall–Kier alpha value is -1.83. The summed E-state index contributed by atoms with van der Waals surface area (Å²) in [6.07, 6.45) is 1.98. The van der Waals surface area contributed by atoms with Crippen LogP contribution < -0.4 is 9.30 Å². The van der Waals surface area contributed by atoms with Gasteiger partial charge in [-0.15, -0.1) is 4.57 Å². The Kier molecular flexibility index (Phi) is 2.45. The Balaban J connectivity index is 2.51. The summed E-state index contributed by atoms with van der Waals surface area (Å²) in [7, 11) is 1.68. The van der Waals surface area contributed by atoms with Gasteiger partial charge in [0, 0.05) is 18.2 Å². The third-order valence-electron chi connectivity index (χ3n) is 2.07. The van der Waals surface area contributed by atoms with E-state index in [2.05, 4.69) is 0 Å². The highest BCUT2D eigenvalue weighted by atomic mass is 16.5. The Labute approximate surface area is 83.4 Å². The first-order chi connectivity index (χ1) is 6.92. The third kappa shape index (κ3) is 1.59. The maximum absolute atomic E-state index is 5.26. The summed E-state index contributed by atoms with van der Waals surface area (Å²) in [6, 6.07) is 16.0. The lowest BCUT2D eigenvalue weighted by molar-refractivity contribution is -0.602. The molecule has 0 aliphatic rings. The molecule has 2 aromatic rings. The Morgan fingerprint density at radius 1 is 0.929 bits per heavy atom. The zero-order chi connectivity index (χ0) is 9.80. The highest BCUT2D eigenvalue weighted by molar-refractivity contribution is 5.23. The van der Waals surface area contributed by atoms with Crippen molar-refractivity contribution in [3.05, 3.63) is 54.7 Å². The second kappa shape index (κ2) is 3.92. The summed E-state index contributed by atoms with van der Waals surface area (Å²) in [6.45, 7) is 0. The van der Waals surface area contributed by atoms with Crippen molar-refractivity contribution in [2.24, 2.45) is 0 Å². The molecule has 0 radical (unpaired) electrons. The van der Waals surface area contributed by atoms with Gasteiger partial charge in [-0.3, -0.25) is 0 Å². The Bertz CT molecular complexity index is 412. The van der Waals surface area contributed by atoms with E-state index in [1.54, 1.807) is 7.11 Å². The minimum atomic E-state index is 0.832. The molecule has 2 heteroatoms. The molecule has 0 aliphatic heterocycles. The smallest absolute Gasteiger partial charge is 0.373 e. The molecule has 0 unspecified atom stereocenters. The maximum Gasteiger partial charge on any atom is 0.373 e. The van der Waals surface area contributed by atoms with Crippen molar-refractivity contribution in [3.63, 3.8) is 0 Å². The van der Waals surface area contributed by atoms with E-state index in [4.69, 9.17) is 4.74 Å². The number of pyridine rings is 1. The van der Waals surface area contributed by atoms with Gasteiger partial charge < -0.3 is 4.74 Å². The van der Waals surface area contributed by atoms with Crippen molar-refractivity contribution in [1.29, 1.82) is 0 Å².